The third-order valence-corrected chi connectivity index (χ3v) is 3.00. The van der Waals surface area contributed by atoms with Crippen LogP contribution in [0.1, 0.15) is 11.1 Å². The molecule has 3 N–H and O–H groups in total. The molecule has 0 spiro atoms. The standard InChI is InChI=1S/C15H10F3N3O2/c16-15(17,18)10-2-1-3-11(7-10)21(14(20)23)12-5-4-9(8-19)6-13(12)22/h1-7,22H,(H2,20,23). The van der Waals surface area contributed by atoms with Gasteiger partial charge in [0.15, 0.2) is 0 Å². The largest absolute Gasteiger partial charge is 0.506 e. The summed E-state index contributed by atoms with van der Waals surface area (Å²) in [6.45, 7) is 0. The van der Waals surface area contributed by atoms with Gasteiger partial charge < -0.3 is 10.8 Å². The Kier molecular flexibility index (Phi) is 4.14. The Morgan fingerprint density at radius 2 is 1.91 bits per heavy atom. The Labute approximate surface area is 129 Å². The molecule has 0 saturated carbocycles. The van der Waals surface area contributed by atoms with Crippen molar-refractivity contribution >= 4 is 17.4 Å². The van der Waals surface area contributed by atoms with Crippen molar-refractivity contribution in [2.24, 2.45) is 5.73 Å². The summed E-state index contributed by atoms with van der Waals surface area (Å²) in [6, 6.07) is 8.27. The van der Waals surface area contributed by atoms with Crippen LogP contribution >= 0.6 is 0 Å². The Balaban J connectivity index is 2.57. The van der Waals surface area contributed by atoms with Crippen molar-refractivity contribution in [2.75, 3.05) is 4.90 Å². The van der Waals surface area contributed by atoms with Gasteiger partial charge in [0.2, 0.25) is 0 Å². The molecule has 0 saturated heterocycles. The molecule has 2 aromatic carbocycles. The van der Waals surface area contributed by atoms with Crippen LogP contribution in [0, 0.1) is 11.3 Å². The number of rotatable bonds is 2. The molecule has 0 bridgehead atoms. The number of nitriles is 1. The minimum Gasteiger partial charge on any atom is -0.506 e. The number of hydrogen-bond acceptors (Lipinski definition) is 3. The number of carbonyl (C=O) groups excluding carboxylic acids is 1. The van der Waals surface area contributed by atoms with Gasteiger partial charge in [0.25, 0.3) is 0 Å². The van der Waals surface area contributed by atoms with E-state index in [-0.39, 0.29) is 16.9 Å². The number of halogens is 3. The summed E-state index contributed by atoms with van der Waals surface area (Å²) in [7, 11) is 0. The van der Waals surface area contributed by atoms with E-state index in [4.69, 9.17) is 11.0 Å². The lowest BCUT2D eigenvalue weighted by atomic mass is 10.1. The van der Waals surface area contributed by atoms with Gasteiger partial charge in [0.05, 0.1) is 28.6 Å². The molecule has 2 rings (SSSR count). The van der Waals surface area contributed by atoms with Crippen molar-refractivity contribution < 1.29 is 23.1 Å². The maximum absolute atomic E-state index is 12.8. The number of phenols is 1. The number of amides is 2. The number of phenolic OH excluding ortho intramolecular Hbond substituents is 1. The molecule has 0 aliphatic heterocycles. The first-order valence-electron chi connectivity index (χ1n) is 6.24. The normalized spacial score (nSPS) is 10.9. The second-order valence-corrected chi connectivity index (χ2v) is 4.54. The van der Waals surface area contributed by atoms with E-state index in [9.17, 15) is 23.1 Å². The molecular formula is C15H10F3N3O2. The van der Waals surface area contributed by atoms with Gasteiger partial charge in [0.1, 0.15) is 5.75 Å². The Morgan fingerprint density at radius 1 is 1.22 bits per heavy atom. The van der Waals surface area contributed by atoms with Crippen molar-refractivity contribution in [1.29, 1.82) is 5.26 Å². The van der Waals surface area contributed by atoms with Crippen LogP contribution in [0.25, 0.3) is 0 Å². The van der Waals surface area contributed by atoms with Gasteiger partial charge in [-0.3, -0.25) is 4.90 Å². The lowest BCUT2D eigenvalue weighted by Gasteiger charge is -2.22. The molecule has 0 aliphatic carbocycles. The van der Waals surface area contributed by atoms with Gasteiger partial charge in [-0.2, -0.15) is 18.4 Å². The number of urea groups is 1. The zero-order chi connectivity index (χ0) is 17.2. The van der Waals surface area contributed by atoms with Crippen molar-refractivity contribution in [2.45, 2.75) is 6.18 Å². The molecular weight excluding hydrogens is 311 g/mol. The lowest BCUT2D eigenvalue weighted by Crippen LogP contribution is -2.31. The number of primary amides is 1. The predicted octanol–water partition coefficient (Wildman–Crippen LogP) is 3.50. The summed E-state index contributed by atoms with van der Waals surface area (Å²) in [5.74, 6) is -0.458. The van der Waals surface area contributed by atoms with Crippen LogP contribution < -0.4 is 10.6 Å². The molecule has 0 aliphatic rings. The average molecular weight is 321 g/mol. The van der Waals surface area contributed by atoms with Crippen LogP contribution in [0.3, 0.4) is 0 Å². The van der Waals surface area contributed by atoms with Crippen molar-refractivity contribution in [3.63, 3.8) is 0 Å². The molecule has 118 valence electrons. The van der Waals surface area contributed by atoms with Gasteiger partial charge in [-0.05, 0) is 36.4 Å². The predicted molar refractivity (Wildman–Crippen MR) is 76.0 cm³/mol. The Morgan fingerprint density at radius 3 is 2.43 bits per heavy atom. The molecule has 23 heavy (non-hydrogen) atoms. The second-order valence-electron chi connectivity index (χ2n) is 4.54. The highest BCUT2D eigenvalue weighted by Crippen LogP contribution is 2.36. The number of nitrogens with two attached hydrogens (primary N) is 1. The number of hydrogen-bond donors (Lipinski definition) is 2. The van der Waals surface area contributed by atoms with E-state index in [1.807, 2.05) is 0 Å². The highest BCUT2D eigenvalue weighted by Gasteiger charge is 2.31. The summed E-state index contributed by atoms with van der Waals surface area (Å²) in [5, 5.41) is 18.7. The van der Waals surface area contributed by atoms with Crippen LogP contribution in [0.2, 0.25) is 0 Å². The van der Waals surface area contributed by atoms with E-state index in [1.165, 1.54) is 18.2 Å². The lowest BCUT2D eigenvalue weighted by molar-refractivity contribution is -0.137. The van der Waals surface area contributed by atoms with Gasteiger partial charge in [-0.15, -0.1) is 0 Å². The second kappa shape index (κ2) is 5.88. The fourth-order valence-electron chi connectivity index (χ4n) is 1.99. The summed E-state index contributed by atoms with van der Waals surface area (Å²) in [5.41, 5.74) is 4.10. The van der Waals surface area contributed by atoms with Crippen molar-refractivity contribution in [3.05, 3.63) is 53.6 Å². The minimum atomic E-state index is -4.59. The number of carbonyl (C=O) groups is 1. The van der Waals surface area contributed by atoms with Gasteiger partial charge in [0, 0.05) is 0 Å². The first-order valence-corrected chi connectivity index (χ1v) is 6.24. The van der Waals surface area contributed by atoms with Crippen LogP contribution in [-0.2, 0) is 6.18 Å². The average Bonchev–Trinajstić information content (AvgIpc) is 2.48. The summed E-state index contributed by atoms with van der Waals surface area (Å²) < 4.78 is 38.4. The maximum atomic E-state index is 12.8. The van der Waals surface area contributed by atoms with Crippen molar-refractivity contribution in [3.8, 4) is 11.8 Å². The van der Waals surface area contributed by atoms with E-state index in [1.54, 1.807) is 6.07 Å². The third-order valence-electron chi connectivity index (χ3n) is 3.00. The zero-order valence-corrected chi connectivity index (χ0v) is 11.5. The Hall–Kier alpha value is -3.21. The molecule has 0 fully saturated rings. The quantitative estimate of drug-likeness (QED) is 0.887. The van der Waals surface area contributed by atoms with E-state index in [0.717, 1.165) is 29.2 Å². The van der Waals surface area contributed by atoms with Crippen LogP contribution in [-0.4, -0.2) is 11.1 Å². The van der Waals surface area contributed by atoms with Crippen LogP contribution in [0.4, 0.5) is 29.3 Å². The third kappa shape index (κ3) is 3.35. The Bertz CT molecular complexity index is 797. The monoisotopic (exact) mass is 321 g/mol. The van der Waals surface area contributed by atoms with E-state index in [2.05, 4.69) is 0 Å². The van der Waals surface area contributed by atoms with E-state index >= 15 is 0 Å². The maximum Gasteiger partial charge on any atom is 0.416 e. The molecule has 5 nitrogen and oxygen atoms in total. The number of benzene rings is 2. The van der Waals surface area contributed by atoms with Crippen LogP contribution in [0.5, 0.6) is 5.75 Å². The number of alkyl halides is 3. The van der Waals surface area contributed by atoms with E-state index < -0.39 is 23.5 Å². The molecule has 0 aromatic heterocycles. The first-order chi connectivity index (χ1) is 10.7. The SMILES string of the molecule is N#Cc1ccc(N(C(N)=O)c2cccc(C(F)(F)F)c2)c(O)c1. The molecule has 0 unspecified atom stereocenters. The van der Waals surface area contributed by atoms with Gasteiger partial charge in [-0.25, -0.2) is 4.79 Å². The molecule has 0 atom stereocenters. The highest BCUT2D eigenvalue weighted by atomic mass is 19.4. The van der Waals surface area contributed by atoms with Gasteiger partial charge >= 0.3 is 12.2 Å². The number of aromatic hydroxyl groups is 1. The first kappa shape index (κ1) is 16.2. The molecule has 0 heterocycles. The summed E-state index contributed by atoms with van der Waals surface area (Å²) in [6.07, 6.45) is -4.59. The number of anilines is 2. The topological polar surface area (TPSA) is 90.4 Å². The molecule has 2 amide bonds. The van der Waals surface area contributed by atoms with Gasteiger partial charge in [-0.1, -0.05) is 6.07 Å². The number of nitrogens with zero attached hydrogens (tertiary/aromatic N) is 2. The molecule has 2 aromatic rings. The smallest absolute Gasteiger partial charge is 0.416 e. The minimum absolute atomic E-state index is 0.125. The fourth-order valence-corrected chi connectivity index (χ4v) is 1.99. The summed E-state index contributed by atoms with van der Waals surface area (Å²) in [4.78, 5) is 12.4. The molecule has 0 radical (unpaired) electrons. The zero-order valence-electron chi connectivity index (χ0n) is 11.5. The van der Waals surface area contributed by atoms with Crippen molar-refractivity contribution in [1.82, 2.24) is 0 Å². The summed E-state index contributed by atoms with van der Waals surface area (Å²) >= 11 is 0. The van der Waals surface area contributed by atoms with E-state index in [0.29, 0.717) is 0 Å². The van der Waals surface area contributed by atoms with Crippen LogP contribution in [0.15, 0.2) is 42.5 Å². The highest BCUT2D eigenvalue weighted by molar-refractivity contribution is 6.00. The molecule has 8 heteroatoms. The fraction of sp³-hybridized carbons (Fsp3) is 0.0667.